The van der Waals surface area contributed by atoms with E-state index in [1.54, 1.807) is 0 Å². The molecule has 0 aromatic heterocycles. The predicted molar refractivity (Wildman–Crippen MR) is 92.4 cm³/mol. The van der Waals surface area contributed by atoms with Crippen LogP contribution in [0.4, 0.5) is 0 Å². The molecule has 1 saturated heterocycles. The lowest BCUT2D eigenvalue weighted by Gasteiger charge is -2.16. The summed E-state index contributed by atoms with van der Waals surface area (Å²) in [5, 5.41) is 9.13. The minimum Gasteiger partial charge on any atom is -0.493 e. The van der Waals surface area contributed by atoms with Gasteiger partial charge < -0.3 is 9.64 Å². The van der Waals surface area contributed by atoms with Crippen LogP contribution in [0.2, 0.25) is 0 Å². The van der Waals surface area contributed by atoms with Crippen molar-refractivity contribution in [2.24, 2.45) is 0 Å². The summed E-state index contributed by atoms with van der Waals surface area (Å²) < 4.78 is 6.02. The van der Waals surface area contributed by atoms with Gasteiger partial charge in [-0.3, -0.25) is 0 Å². The largest absolute Gasteiger partial charge is 0.493 e. The van der Waals surface area contributed by atoms with Crippen molar-refractivity contribution in [1.82, 2.24) is 4.90 Å². The molecule has 23 heavy (non-hydrogen) atoms. The normalized spacial score (nSPS) is 14.6. The zero-order valence-electron chi connectivity index (χ0n) is 13.4. The Morgan fingerprint density at radius 1 is 1.04 bits per heavy atom. The van der Waals surface area contributed by atoms with Gasteiger partial charge >= 0.3 is 0 Å². The molecule has 0 N–H and O–H groups in total. The van der Waals surface area contributed by atoms with Gasteiger partial charge in [-0.2, -0.15) is 5.26 Å². The van der Waals surface area contributed by atoms with E-state index in [9.17, 15) is 0 Å². The van der Waals surface area contributed by atoms with Gasteiger partial charge in [0, 0.05) is 12.1 Å². The van der Waals surface area contributed by atoms with Crippen LogP contribution in [0, 0.1) is 11.3 Å². The van der Waals surface area contributed by atoms with Gasteiger partial charge in [-0.1, -0.05) is 30.3 Å². The van der Waals surface area contributed by atoms with Gasteiger partial charge in [0.05, 0.1) is 18.2 Å². The van der Waals surface area contributed by atoms with E-state index in [0.717, 1.165) is 29.8 Å². The minimum atomic E-state index is 0.638. The molecular weight excluding hydrogens is 284 g/mol. The third-order valence-corrected chi connectivity index (χ3v) is 4.27. The number of nitrogens with zero attached hydrogens (tertiary/aromatic N) is 2. The number of hydrogen-bond donors (Lipinski definition) is 0. The smallest absolute Gasteiger partial charge is 0.128 e. The van der Waals surface area contributed by atoms with Crippen LogP contribution < -0.4 is 4.74 Å². The molecule has 1 fully saturated rings. The highest BCUT2D eigenvalue weighted by Gasteiger charge is 2.11. The fraction of sp³-hybridized carbons (Fsp3) is 0.350. The fourth-order valence-electron chi connectivity index (χ4n) is 3.04. The SMILES string of the molecule is N#Cc1ccc(-c2ccccc2)c(OCCCN2CCCC2)c1. The minimum absolute atomic E-state index is 0.638. The summed E-state index contributed by atoms with van der Waals surface area (Å²) in [6, 6.07) is 18.0. The predicted octanol–water partition coefficient (Wildman–Crippen LogP) is 4.09. The van der Waals surface area contributed by atoms with Crippen molar-refractivity contribution in [1.29, 1.82) is 5.26 Å². The number of ether oxygens (including phenoxy) is 1. The molecule has 0 aliphatic carbocycles. The number of benzene rings is 2. The van der Waals surface area contributed by atoms with E-state index in [4.69, 9.17) is 10.00 Å². The maximum atomic E-state index is 9.13. The molecule has 0 amide bonds. The number of likely N-dealkylation sites (tertiary alicyclic amines) is 1. The van der Waals surface area contributed by atoms with Crippen LogP contribution in [0.25, 0.3) is 11.1 Å². The van der Waals surface area contributed by atoms with Gasteiger partial charge in [-0.15, -0.1) is 0 Å². The Morgan fingerprint density at radius 2 is 1.83 bits per heavy atom. The second-order valence-electron chi connectivity index (χ2n) is 5.94. The van der Waals surface area contributed by atoms with E-state index in [2.05, 4.69) is 23.1 Å². The summed E-state index contributed by atoms with van der Waals surface area (Å²) in [5.41, 5.74) is 2.80. The standard InChI is InChI=1S/C20H22N2O/c21-16-17-9-10-19(18-7-2-1-3-8-18)20(15-17)23-14-6-13-22-11-4-5-12-22/h1-3,7-10,15H,4-6,11-14H2. The highest BCUT2D eigenvalue weighted by molar-refractivity contribution is 5.71. The summed E-state index contributed by atoms with van der Waals surface area (Å²) in [6.07, 6.45) is 3.66. The first kappa shape index (κ1) is 15.6. The molecular formula is C20H22N2O. The second-order valence-corrected chi connectivity index (χ2v) is 5.94. The molecule has 3 nitrogen and oxygen atoms in total. The summed E-state index contributed by atoms with van der Waals surface area (Å²) in [5.74, 6) is 0.802. The van der Waals surface area contributed by atoms with Gasteiger partial charge in [0.1, 0.15) is 5.75 Å². The molecule has 0 unspecified atom stereocenters. The van der Waals surface area contributed by atoms with Crippen molar-refractivity contribution in [3.8, 4) is 22.9 Å². The molecule has 0 bridgehead atoms. The average Bonchev–Trinajstić information content (AvgIpc) is 3.13. The Labute approximate surface area is 138 Å². The fourth-order valence-corrected chi connectivity index (χ4v) is 3.04. The van der Waals surface area contributed by atoms with Crippen LogP contribution in [-0.2, 0) is 0 Å². The Morgan fingerprint density at radius 3 is 2.57 bits per heavy atom. The Bertz CT molecular complexity index is 670. The van der Waals surface area contributed by atoms with Crippen LogP contribution >= 0.6 is 0 Å². The molecule has 118 valence electrons. The highest BCUT2D eigenvalue weighted by Crippen LogP contribution is 2.31. The van der Waals surface area contributed by atoms with Crippen molar-refractivity contribution < 1.29 is 4.74 Å². The van der Waals surface area contributed by atoms with Crippen LogP contribution in [-0.4, -0.2) is 31.1 Å². The van der Waals surface area contributed by atoms with Crippen molar-refractivity contribution in [2.45, 2.75) is 19.3 Å². The lowest BCUT2D eigenvalue weighted by molar-refractivity contribution is 0.264. The lowest BCUT2D eigenvalue weighted by atomic mass is 10.0. The van der Waals surface area contributed by atoms with Crippen LogP contribution in [0.15, 0.2) is 48.5 Å². The first-order chi connectivity index (χ1) is 11.4. The Balaban J connectivity index is 1.67. The molecule has 0 spiro atoms. The molecule has 1 aliphatic heterocycles. The van der Waals surface area contributed by atoms with Crippen LogP contribution in [0.5, 0.6) is 5.75 Å². The Kier molecular flexibility index (Phi) is 5.29. The molecule has 0 saturated carbocycles. The average molecular weight is 306 g/mol. The van der Waals surface area contributed by atoms with E-state index in [1.807, 2.05) is 36.4 Å². The molecule has 3 rings (SSSR count). The molecule has 2 aromatic rings. The number of hydrogen-bond acceptors (Lipinski definition) is 3. The molecule has 0 radical (unpaired) electrons. The second kappa shape index (κ2) is 7.80. The topological polar surface area (TPSA) is 36.3 Å². The summed E-state index contributed by atoms with van der Waals surface area (Å²) in [4.78, 5) is 2.49. The number of nitriles is 1. The van der Waals surface area contributed by atoms with Crippen molar-refractivity contribution in [3.63, 3.8) is 0 Å². The van der Waals surface area contributed by atoms with Crippen LogP contribution in [0.1, 0.15) is 24.8 Å². The summed E-state index contributed by atoms with van der Waals surface area (Å²) in [6.45, 7) is 4.22. The zero-order chi connectivity index (χ0) is 15.9. The Hall–Kier alpha value is -2.31. The molecule has 3 heteroatoms. The van der Waals surface area contributed by atoms with E-state index >= 15 is 0 Å². The monoisotopic (exact) mass is 306 g/mol. The first-order valence-corrected chi connectivity index (χ1v) is 8.31. The zero-order valence-corrected chi connectivity index (χ0v) is 13.4. The molecule has 2 aromatic carbocycles. The maximum absolute atomic E-state index is 9.13. The van der Waals surface area contributed by atoms with E-state index < -0.39 is 0 Å². The summed E-state index contributed by atoms with van der Waals surface area (Å²) in [7, 11) is 0. The van der Waals surface area contributed by atoms with Gasteiger partial charge in [-0.05, 0) is 56.1 Å². The van der Waals surface area contributed by atoms with E-state index in [0.29, 0.717) is 12.2 Å². The number of rotatable bonds is 6. The van der Waals surface area contributed by atoms with Crippen molar-refractivity contribution in [2.75, 3.05) is 26.2 Å². The van der Waals surface area contributed by atoms with Gasteiger partial charge in [0.15, 0.2) is 0 Å². The van der Waals surface area contributed by atoms with E-state index in [1.165, 1.54) is 25.9 Å². The molecule has 0 atom stereocenters. The highest BCUT2D eigenvalue weighted by atomic mass is 16.5. The van der Waals surface area contributed by atoms with Crippen LogP contribution in [0.3, 0.4) is 0 Å². The quantitative estimate of drug-likeness (QED) is 0.754. The third-order valence-electron chi connectivity index (χ3n) is 4.27. The molecule has 1 heterocycles. The summed E-state index contributed by atoms with van der Waals surface area (Å²) >= 11 is 0. The first-order valence-electron chi connectivity index (χ1n) is 8.31. The maximum Gasteiger partial charge on any atom is 0.128 e. The molecule has 1 aliphatic rings. The lowest BCUT2D eigenvalue weighted by Crippen LogP contribution is -2.21. The van der Waals surface area contributed by atoms with E-state index in [-0.39, 0.29) is 0 Å². The van der Waals surface area contributed by atoms with Crippen molar-refractivity contribution in [3.05, 3.63) is 54.1 Å². The van der Waals surface area contributed by atoms with Gasteiger partial charge in [0.25, 0.3) is 0 Å². The van der Waals surface area contributed by atoms with Gasteiger partial charge in [-0.25, -0.2) is 0 Å². The van der Waals surface area contributed by atoms with Gasteiger partial charge in [0.2, 0.25) is 0 Å². The third kappa shape index (κ3) is 4.12. The van der Waals surface area contributed by atoms with Crippen molar-refractivity contribution >= 4 is 0 Å².